The van der Waals surface area contributed by atoms with Crippen molar-refractivity contribution in [2.75, 3.05) is 6.61 Å². The van der Waals surface area contributed by atoms with Crippen LogP contribution in [0.3, 0.4) is 0 Å². The lowest BCUT2D eigenvalue weighted by Gasteiger charge is -2.38. The number of fused-ring (bicyclic) bond motifs is 2. The van der Waals surface area contributed by atoms with Gasteiger partial charge in [-0.1, -0.05) is 12.2 Å². The van der Waals surface area contributed by atoms with Gasteiger partial charge in [0.05, 0.1) is 0 Å². The highest BCUT2D eigenvalue weighted by atomic mass is 16.2. The summed E-state index contributed by atoms with van der Waals surface area (Å²) in [6.45, 7) is 0.373. The van der Waals surface area contributed by atoms with Crippen LogP contribution < -0.4 is 0 Å². The molecule has 0 amide bonds. The van der Waals surface area contributed by atoms with Gasteiger partial charge in [0.2, 0.25) is 0 Å². The van der Waals surface area contributed by atoms with E-state index in [9.17, 15) is 0 Å². The zero-order valence-corrected chi connectivity index (χ0v) is 7.58. The third kappa shape index (κ3) is 1.56. The minimum Gasteiger partial charge on any atom is -0.396 e. The van der Waals surface area contributed by atoms with Crippen LogP contribution in [0.5, 0.6) is 0 Å². The first-order valence-corrected chi connectivity index (χ1v) is 5.19. The van der Waals surface area contributed by atoms with Crippen LogP contribution in [-0.4, -0.2) is 11.7 Å². The third-order valence-corrected chi connectivity index (χ3v) is 3.45. The molecule has 1 heteroatoms. The van der Waals surface area contributed by atoms with Crippen molar-refractivity contribution in [2.24, 2.45) is 17.8 Å². The van der Waals surface area contributed by atoms with Crippen molar-refractivity contribution in [3.8, 4) is 0 Å². The average molecular weight is 166 g/mol. The molecule has 0 aromatic heterocycles. The molecule has 2 bridgehead atoms. The van der Waals surface area contributed by atoms with Gasteiger partial charge in [0.15, 0.2) is 0 Å². The van der Waals surface area contributed by atoms with Gasteiger partial charge in [-0.15, -0.1) is 0 Å². The van der Waals surface area contributed by atoms with E-state index in [2.05, 4.69) is 12.2 Å². The zero-order valence-electron chi connectivity index (χ0n) is 7.58. The Kier molecular flexibility index (Phi) is 2.50. The van der Waals surface area contributed by atoms with Crippen molar-refractivity contribution < 1.29 is 5.11 Å². The van der Waals surface area contributed by atoms with Gasteiger partial charge in [-0.3, -0.25) is 0 Å². The Morgan fingerprint density at radius 3 is 2.67 bits per heavy atom. The fraction of sp³-hybridized carbons (Fsp3) is 0.818. The maximum absolute atomic E-state index is 8.75. The van der Waals surface area contributed by atoms with Crippen molar-refractivity contribution in [1.29, 1.82) is 0 Å². The van der Waals surface area contributed by atoms with Crippen LogP contribution >= 0.6 is 0 Å². The molecule has 1 N–H and O–H groups in total. The third-order valence-electron chi connectivity index (χ3n) is 3.45. The van der Waals surface area contributed by atoms with E-state index in [-0.39, 0.29) is 0 Å². The summed E-state index contributed by atoms with van der Waals surface area (Å²) < 4.78 is 0. The molecular weight excluding hydrogens is 148 g/mol. The summed E-state index contributed by atoms with van der Waals surface area (Å²) >= 11 is 0. The molecule has 3 rings (SSSR count). The summed E-state index contributed by atoms with van der Waals surface area (Å²) in [6.07, 6.45) is 11.3. The van der Waals surface area contributed by atoms with E-state index in [0.29, 0.717) is 6.61 Å². The number of hydrogen-bond acceptors (Lipinski definition) is 1. The van der Waals surface area contributed by atoms with Gasteiger partial charge in [0, 0.05) is 6.61 Å². The molecule has 1 fully saturated rings. The molecule has 0 aromatic rings. The summed E-state index contributed by atoms with van der Waals surface area (Å²) in [6, 6.07) is 0. The Balaban J connectivity index is 1.89. The molecule has 3 atom stereocenters. The molecule has 1 nitrogen and oxygen atoms in total. The van der Waals surface area contributed by atoms with E-state index >= 15 is 0 Å². The minimum absolute atomic E-state index is 0.373. The van der Waals surface area contributed by atoms with E-state index < -0.39 is 0 Å². The van der Waals surface area contributed by atoms with Crippen LogP contribution in [-0.2, 0) is 0 Å². The van der Waals surface area contributed by atoms with E-state index in [1.807, 2.05) is 0 Å². The van der Waals surface area contributed by atoms with E-state index in [4.69, 9.17) is 5.11 Å². The maximum Gasteiger partial charge on any atom is 0.0431 e. The maximum atomic E-state index is 8.75. The van der Waals surface area contributed by atoms with Gasteiger partial charge in [-0.2, -0.15) is 0 Å². The molecule has 3 unspecified atom stereocenters. The summed E-state index contributed by atoms with van der Waals surface area (Å²) in [5.74, 6) is 2.61. The van der Waals surface area contributed by atoms with E-state index in [1.54, 1.807) is 0 Å². The SMILES string of the molecule is OCCCC1CC2C=CC1CC2. The standard InChI is InChI=1S/C11H18O/c12-7-1-2-11-8-9-3-5-10(11)6-4-9/h3,5,9-12H,1-2,4,6-8H2. The smallest absolute Gasteiger partial charge is 0.0431 e. The Labute approximate surface area is 74.5 Å². The molecular formula is C11H18O. The van der Waals surface area contributed by atoms with Crippen molar-refractivity contribution in [2.45, 2.75) is 32.1 Å². The normalized spacial score (nSPS) is 38.9. The van der Waals surface area contributed by atoms with Gasteiger partial charge in [-0.25, -0.2) is 0 Å². The van der Waals surface area contributed by atoms with E-state index in [0.717, 1.165) is 24.2 Å². The van der Waals surface area contributed by atoms with Crippen LogP contribution in [0.4, 0.5) is 0 Å². The van der Waals surface area contributed by atoms with E-state index in [1.165, 1.54) is 25.7 Å². The molecule has 68 valence electrons. The summed E-state index contributed by atoms with van der Waals surface area (Å²) in [4.78, 5) is 0. The highest BCUT2D eigenvalue weighted by molar-refractivity contribution is 5.05. The highest BCUT2D eigenvalue weighted by Crippen LogP contribution is 2.42. The Bertz CT molecular complexity index is 174. The second-order valence-corrected chi connectivity index (χ2v) is 4.25. The molecule has 0 radical (unpaired) electrons. The second-order valence-electron chi connectivity index (χ2n) is 4.25. The zero-order chi connectivity index (χ0) is 8.39. The molecule has 0 spiro atoms. The molecule has 3 aliphatic rings. The molecule has 3 aliphatic carbocycles. The van der Waals surface area contributed by atoms with Crippen LogP contribution in [0.1, 0.15) is 32.1 Å². The Hall–Kier alpha value is -0.300. The number of aliphatic hydroxyl groups is 1. The fourth-order valence-electron chi connectivity index (χ4n) is 2.74. The minimum atomic E-state index is 0.373. The molecule has 0 aliphatic heterocycles. The lowest BCUT2D eigenvalue weighted by Crippen LogP contribution is -2.27. The van der Waals surface area contributed by atoms with Gasteiger partial charge in [-0.05, 0) is 49.9 Å². The number of hydrogen-bond donors (Lipinski definition) is 1. The first-order chi connectivity index (χ1) is 5.90. The van der Waals surface area contributed by atoms with Crippen LogP contribution in [0, 0.1) is 17.8 Å². The fourth-order valence-corrected chi connectivity index (χ4v) is 2.74. The number of allylic oxidation sites excluding steroid dienone is 2. The summed E-state index contributed by atoms with van der Waals surface area (Å²) in [5, 5.41) is 8.75. The van der Waals surface area contributed by atoms with Crippen molar-refractivity contribution in [3.05, 3.63) is 12.2 Å². The Morgan fingerprint density at radius 2 is 2.17 bits per heavy atom. The monoisotopic (exact) mass is 166 g/mol. The van der Waals surface area contributed by atoms with Crippen molar-refractivity contribution >= 4 is 0 Å². The first-order valence-electron chi connectivity index (χ1n) is 5.19. The highest BCUT2D eigenvalue weighted by Gasteiger charge is 2.30. The molecule has 12 heavy (non-hydrogen) atoms. The van der Waals surface area contributed by atoms with Crippen LogP contribution in [0.25, 0.3) is 0 Å². The van der Waals surface area contributed by atoms with Crippen molar-refractivity contribution in [3.63, 3.8) is 0 Å². The Morgan fingerprint density at radius 1 is 1.25 bits per heavy atom. The number of rotatable bonds is 3. The van der Waals surface area contributed by atoms with Crippen LogP contribution in [0.2, 0.25) is 0 Å². The van der Waals surface area contributed by atoms with Gasteiger partial charge in [0.25, 0.3) is 0 Å². The lowest BCUT2D eigenvalue weighted by atomic mass is 9.68. The summed E-state index contributed by atoms with van der Waals surface area (Å²) in [5.41, 5.74) is 0. The van der Waals surface area contributed by atoms with Gasteiger partial charge in [0.1, 0.15) is 0 Å². The first kappa shape index (κ1) is 8.31. The molecule has 0 heterocycles. The molecule has 0 aromatic carbocycles. The largest absolute Gasteiger partial charge is 0.396 e. The predicted octanol–water partition coefficient (Wildman–Crippen LogP) is 2.36. The topological polar surface area (TPSA) is 20.2 Å². The molecule has 1 saturated carbocycles. The van der Waals surface area contributed by atoms with Crippen molar-refractivity contribution in [1.82, 2.24) is 0 Å². The van der Waals surface area contributed by atoms with Crippen LogP contribution in [0.15, 0.2) is 12.2 Å². The summed E-state index contributed by atoms with van der Waals surface area (Å²) in [7, 11) is 0. The van der Waals surface area contributed by atoms with Gasteiger partial charge < -0.3 is 5.11 Å². The number of aliphatic hydroxyl groups excluding tert-OH is 1. The predicted molar refractivity (Wildman–Crippen MR) is 49.8 cm³/mol. The second kappa shape index (κ2) is 3.61. The van der Waals surface area contributed by atoms with Gasteiger partial charge >= 0.3 is 0 Å². The quantitative estimate of drug-likeness (QED) is 0.638. The average Bonchev–Trinajstić information content (AvgIpc) is 2.17. The molecule has 0 saturated heterocycles. The lowest BCUT2D eigenvalue weighted by molar-refractivity contribution is 0.188.